The van der Waals surface area contributed by atoms with E-state index in [0.29, 0.717) is 18.2 Å². The molecule has 1 saturated heterocycles. The van der Waals surface area contributed by atoms with E-state index in [9.17, 15) is 8.42 Å². The fourth-order valence-electron chi connectivity index (χ4n) is 2.06. The van der Waals surface area contributed by atoms with Crippen LogP contribution in [0.2, 0.25) is 5.02 Å². The Morgan fingerprint density at radius 2 is 2.05 bits per heavy atom. The highest BCUT2D eigenvalue weighted by atomic mass is 35.5. The molecule has 4 nitrogen and oxygen atoms in total. The lowest BCUT2D eigenvalue weighted by Crippen LogP contribution is -2.25. The SMILES string of the molecule is O=S(=O)(CCNc1ccc(Cl)cc1)CC1CCCO1. The van der Waals surface area contributed by atoms with Crippen LogP contribution in [0.25, 0.3) is 0 Å². The van der Waals surface area contributed by atoms with Crippen LogP contribution in [0.4, 0.5) is 5.69 Å². The first-order chi connectivity index (χ1) is 9.05. The fourth-order valence-corrected chi connectivity index (χ4v) is 3.60. The molecule has 1 heterocycles. The minimum absolute atomic E-state index is 0.111. The summed E-state index contributed by atoms with van der Waals surface area (Å²) in [5.41, 5.74) is 0.872. The lowest BCUT2D eigenvalue weighted by atomic mass is 10.3. The first kappa shape index (κ1) is 14.6. The minimum atomic E-state index is -3.06. The zero-order valence-electron chi connectivity index (χ0n) is 10.6. The first-order valence-electron chi connectivity index (χ1n) is 6.37. The van der Waals surface area contributed by atoms with Gasteiger partial charge in [-0.2, -0.15) is 0 Å². The van der Waals surface area contributed by atoms with Crippen molar-refractivity contribution in [2.75, 3.05) is 30.0 Å². The van der Waals surface area contributed by atoms with Crippen molar-refractivity contribution >= 4 is 27.1 Å². The van der Waals surface area contributed by atoms with E-state index in [1.807, 2.05) is 12.1 Å². The van der Waals surface area contributed by atoms with Gasteiger partial charge in [0.2, 0.25) is 0 Å². The van der Waals surface area contributed by atoms with E-state index in [1.165, 1.54) is 0 Å². The molecule has 1 aromatic carbocycles. The number of nitrogens with one attached hydrogen (secondary N) is 1. The maximum Gasteiger partial charge on any atom is 0.154 e. The Kier molecular flexibility index (Phi) is 5.07. The Morgan fingerprint density at radius 1 is 1.32 bits per heavy atom. The van der Waals surface area contributed by atoms with Gasteiger partial charge in [-0.05, 0) is 37.1 Å². The molecule has 1 N–H and O–H groups in total. The molecule has 0 amide bonds. The van der Waals surface area contributed by atoms with Crippen LogP contribution in [0.5, 0.6) is 0 Å². The minimum Gasteiger partial charge on any atom is -0.384 e. The number of rotatable bonds is 6. The van der Waals surface area contributed by atoms with E-state index >= 15 is 0 Å². The van der Waals surface area contributed by atoms with Crippen LogP contribution in [0.15, 0.2) is 24.3 Å². The van der Waals surface area contributed by atoms with Crippen molar-refractivity contribution in [3.05, 3.63) is 29.3 Å². The number of ether oxygens (including phenoxy) is 1. The molecular weight excluding hydrogens is 286 g/mol. The summed E-state index contributed by atoms with van der Waals surface area (Å²) in [4.78, 5) is 0. The standard InChI is InChI=1S/C13H18ClNO3S/c14-11-3-5-12(6-4-11)15-7-9-19(16,17)10-13-2-1-8-18-13/h3-6,13,15H,1-2,7-10H2. The van der Waals surface area contributed by atoms with E-state index in [0.717, 1.165) is 18.5 Å². The topological polar surface area (TPSA) is 55.4 Å². The number of halogens is 1. The predicted octanol–water partition coefficient (Wildman–Crippen LogP) is 2.35. The molecule has 2 rings (SSSR count). The Balaban J connectivity index is 1.76. The Bertz CT molecular complexity index is 495. The van der Waals surface area contributed by atoms with Gasteiger partial charge in [0.15, 0.2) is 9.84 Å². The van der Waals surface area contributed by atoms with Gasteiger partial charge in [0, 0.05) is 23.9 Å². The van der Waals surface area contributed by atoms with Crippen LogP contribution in [0.1, 0.15) is 12.8 Å². The molecule has 1 aromatic rings. The van der Waals surface area contributed by atoms with E-state index < -0.39 is 9.84 Å². The Labute approximate surface area is 119 Å². The van der Waals surface area contributed by atoms with E-state index in [2.05, 4.69) is 5.32 Å². The number of hydrogen-bond acceptors (Lipinski definition) is 4. The normalized spacial score (nSPS) is 19.5. The summed E-state index contributed by atoms with van der Waals surface area (Å²) in [7, 11) is -3.06. The summed E-state index contributed by atoms with van der Waals surface area (Å²) in [6.07, 6.45) is 1.70. The molecule has 0 bridgehead atoms. The lowest BCUT2D eigenvalue weighted by Gasteiger charge is -2.11. The third kappa shape index (κ3) is 5.01. The van der Waals surface area contributed by atoms with Gasteiger partial charge < -0.3 is 10.1 Å². The van der Waals surface area contributed by atoms with E-state index in [4.69, 9.17) is 16.3 Å². The summed E-state index contributed by atoms with van der Waals surface area (Å²) in [6, 6.07) is 7.19. The smallest absolute Gasteiger partial charge is 0.154 e. The van der Waals surface area contributed by atoms with Crippen molar-refractivity contribution in [2.45, 2.75) is 18.9 Å². The number of benzene rings is 1. The second-order valence-electron chi connectivity index (χ2n) is 4.68. The van der Waals surface area contributed by atoms with Crippen molar-refractivity contribution < 1.29 is 13.2 Å². The predicted molar refractivity (Wildman–Crippen MR) is 77.6 cm³/mol. The lowest BCUT2D eigenvalue weighted by molar-refractivity contribution is 0.127. The van der Waals surface area contributed by atoms with Gasteiger partial charge in [-0.1, -0.05) is 11.6 Å². The summed E-state index contributed by atoms with van der Waals surface area (Å²) >= 11 is 5.78. The number of anilines is 1. The summed E-state index contributed by atoms with van der Waals surface area (Å²) < 4.78 is 29.1. The van der Waals surface area contributed by atoms with Gasteiger partial charge in [0.25, 0.3) is 0 Å². The Morgan fingerprint density at radius 3 is 2.68 bits per heavy atom. The van der Waals surface area contributed by atoms with Gasteiger partial charge >= 0.3 is 0 Å². The monoisotopic (exact) mass is 303 g/mol. The molecule has 0 aromatic heterocycles. The molecule has 0 saturated carbocycles. The third-order valence-electron chi connectivity index (χ3n) is 3.05. The van der Waals surface area contributed by atoms with Crippen molar-refractivity contribution in [3.63, 3.8) is 0 Å². The van der Waals surface area contributed by atoms with Crippen LogP contribution >= 0.6 is 11.6 Å². The fraction of sp³-hybridized carbons (Fsp3) is 0.538. The molecule has 1 fully saturated rings. The van der Waals surface area contributed by atoms with Gasteiger partial charge in [-0.15, -0.1) is 0 Å². The molecule has 0 spiro atoms. The quantitative estimate of drug-likeness (QED) is 0.876. The zero-order chi connectivity index (χ0) is 13.7. The Hall–Kier alpha value is -0.780. The molecular formula is C13H18ClNO3S. The molecule has 1 unspecified atom stereocenters. The largest absolute Gasteiger partial charge is 0.384 e. The third-order valence-corrected chi connectivity index (χ3v) is 5.01. The van der Waals surface area contributed by atoms with E-state index in [-0.39, 0.29) is 17.6 Å². The van der Waals surface area contributed by atoms with Gasteiger partial charge in [0.05, 0.1) is 17.6 Å². The van der Waals surface area contributed by atoms with Crippen molar-refractivity contribution in [1.82, 2.24) is 0 Å². The maximum atomic E-state index is 11.9. The molecule has 19 heavy (non-hydrogen) atoms. The highest BCUT2D eigenvalue weighted by molar-refractivity contribution is 7.91. The molecule has 1 atom stereocenters. The molecule has 1 aliphatic heterocycles. The van der Waals surface area contributed by atoms with Crippen LogP contribution in [-0.4, -0.2) is 39.2 Å². The number of sulfone groups is 1. The molecule has 1 aliphatic rings. The average molecular weight is 304 g/mol. The summed E-state index contributed by atoms with van der Waals surface area (Å²) in [5.74, 6) is 0.255. The van der Waals surface area contributed by atoms with Gasteiger partial charge in [-0.25, -0.2) is 8.42 Å². The van der Waals surface area contributed by atoms with Gasteiger partial charge in [-0.3, -0.25) is 0 Å². The molecule has 0 aliphatic carbocycles. The van der Waals surface area contributed by atoms with Crippen molar-refractivity contribution in [3.8, 4) is 0 Å². The van der Waals surface area contributed by atoms with Crippen LogP contribution in [0, 0.1) is 0 Å². The average Bonchev–Trinajstić information content (AvgIpc) is 2.83. The van der Waals surface area contributed by atoms with Crippen LogP contribution in [-0.2, 0) is 14.6 Å². The first-order valence-corrected chi connectivity index (χ1v) is 8.56. The van der Waals surface area contributed by atoms with Gasteiger partial charge in [0.1, 0.15) is 0 Å². The van der Waals surface area contributed by atoms with Crippen LogP contribution in [0.3, 0.4) is 0 Å². The maximum absolute atomic E-state index is 11.9. The highest BCUT2D eigenvalue weighted by Crippen LogP contribution is 2.15. The summed E-state index contributed by atoms with van der Waals surface area (Å²) in [5, 5.41) is 3.74. The second kappa shape index (κ2) is 6.59. The zero-order valence-corrected chi connectivity index (χ0v) is 12.2. The summed E-state index contributed by atoms with van der Waals surface area (Å²) in [6.45, 7) is 1.08. The molecule has 6 heteroatoms. The molecule has 0 radical (unpaired) electrons. The van der Waals surface area contributed by atoms with Crippen molar-refractivity contribution in [2.24, 2.45) is 0 Å². The second-order valence-corrected chi connectivity index (χ2v) is 7.35. The van der Waals surface area contributed by atoms with E-state index in [1.54, 1.807) is 12.1 Å². The number of hydrogen-bond donors (Lipinski definition) is 1. The van der Waals surface area contributed by atoms with Crippen molar-refractivity contribution in [1.29, 1.82) is 0 Å². The highest BCUT2D eigenvalue weighted by Gasteiger charge is 2.22. The van der Waals surface area contributed by atoms with Crippen LogP contribution < -0.4 is 5.32 Å². The molecule has 106 valence electrons.